The third-order valence-corrected chi connectivity index (χ3v) is 2.56. The van der Waals surface area contributed by atoms with Gasteiger partial charge in [-0.15, -0.1) is 0 Å². The van der Waals surface area contributed by atoms with Gasteiger partial charge < -0.3 is 10.2 Å². The molecule has 0 bridgehead atoms. The Kier molecular flexibility index (Phi) is 5.11. The molecule has 94 valence electrons. The van der Waals surface area contributed by atoms with Crippen molar-refractivity contribution in [3.63, 3.8) is 0 Å². The second-order valence-electron chi connectivity index (χ2n) is 3.60. The topological polar surface area (TPSA) is 71.3 Å². The van der Waals surface area contributed by atoms with E-state index in [1.165, 1.54) is 12.3 Å². The summed E-state index contributed by atoms with van der Waals surface area (Å²) in [4.78, 5) is 16.3. The van der Waals surface area contributed by atoms with Crippen LogP contribution in [0.4, 0.5) is 11.5 Å². The molecule has 0 fully saturated rings. The van der Waals surface area contributed by atoms with Crippen LogP contribution in [0, 0.1) is 10.1 Å². The van der Waals surface area contributed by atoms with Crippen LogP contribution in [-0.2, 0) is 0 Å². The van der Waals surface area contributed by atoms with Crippen LogP contribution in [0.2, 0.25) is 5.02 Å². The van der Waals surface area contributed by atoms with Crippen molar-refractivity contribution in [1.29, 1.82) is 0 Å². The number of pyridine rings is 1. The molecule has 6 nitrogen and oxygen atoms in total. The Balaban J connectivity index is 2.67. The van der Waals surface area contributed by atoms with E-state index in [2.05, 4.69) is 15.2 Å². The van der Waals surface area contributed by atoms with E-state index >= 15 is 0 Å². The van der Waals surface area contributed by atoms with Crippen molar-refractivity contribution in [1.82, 2.24) is 9.88 Å². The average Bonchev–Trinajstić information content (AvgIpc) is 2.30. The van der Waals surface area contributed by atoms with Gasteiger partial charge in [0, 0.05) is 25.4 Å². The molecule has 0 aliphatic heterocycles. The van der Waals surface area contributed by atoms with Crippen LogP contribution in [0.5, 0.6) is 0 Å². The SMILES string of the molecule is CCN(C)CCNc1ncc(Cl)cc1[N+](=O)[O-]. The van der Waals surface area contributed by atoms with Gasteiger partial charge in [-0.1, -0.05) is 18.5 Å². The molecule has 1 rings (SSSR count). The van der Waals surface area contributed by atoms with Crippen LogP contribution in [0.1, 0.15) is 6.92 Å². The van der Waals surface area contributed by atoms with Crippen molar-refractivity contribution in [2.45, 2.75) is 6.92 Å². The van der Waals surface area contributed by atoms with Crippen molar-refractivity contribution < 1.29 is 4.92 Å². The van der Waals surface area contributed by atoms with Gasteiger partial charge in [0.25, 0.3) is 0 Å². The quantitative estimate of drug-likeness (QED) is 0.624. The van der Waals surface area contributed by atoms with Crippen molar-refractivity contribution in [3.8, 4) is 0 Å². The number of nitrogens with one attached hydrogen (secondary N) is 1. The van der Waals surface area contributed by atoms with Crippen LogP contribution >= 0.6 is 11.6 Å². The summed E-state index contributed by atoms with van der Waals surface area (Å²) in [6, 6.07) is 1.29. The van der Waals surface area contributed by atoms with E-state index < -0.39 is 4.92 Å². The Bertz CT molecular complexity index is 400. The van der Waals surface area contributed by atoms with Crippen LogP contribution in [-0.4, -0.2) is 41.5 Å². The third kappa shape index (κ3) is 4.16. The lowest BCUT2D eigenvalue weighted by molar-refractivity contribution is -0.384. The Hall–Kier alpha value is -1.40. The monoisotopic (exact) mass is 258 g/mol. The highest BCUT2D eigenvalue weighted by molar-refractivity contribution is 6.30. The summed E-state index contributed by atoms with van der Waals surface area (Å²) < 4.78 is 0. The van der Waals surface area contributed by atoms with Crippen molar-refractivity contribution >= 4 is 23.1 Å². The zero-order valence-electron chi connectivity index (χ0n) is 9.81. The molecule has 0 amide bonds. The highest BCUT2D eigenvalue weighted by atomic mass is 35.5. The Labute approximate surface area is 105 Å². The summed E-state index contributed by atoms with van der Waals surface area (Å²) in [7, 11) is 1.98. The zero-order chi connectivity index (χ0) is 12.8. The van der Waals surface area contributed by atoms with Crippen molar-refractivity contribution in [2.24, 2.45) is 0 Å². The van der Waals surface area contributed by atoms with Crippen LogP contribution < -0.4 is 5.32 Å². The number of rotatable bonds is 6. The van der Waals surface area contributed by atoms with Gasteiger partial charge in [0.2, 0.25) is 5.82 Å². The predicted octanol–water partition coefficient (Wildman–Crippen LogP) is 2.01. The minimum atomic E-state index is -0.495. The van der Waals surface area contributed by atoms with Crippen molar-refractivity contribution in [2.75, 3.05) is 32.0 Å². The van der Waals surface area contributed by atoms with Gasteiger partial charge >= 0.3 is 5.69 Å². The molecular weight excluding hydrogens is 244 g/mol. The van der Waals surface area contributed by atoms with E-state index in [1.807, 2.05) is 14.0 Å². The molecular formula is C10H15ClN4O2. The molecule has 1 heterocycles. The molecule has 0 atom stereocenters. The smallest absolute Gasteiger partial charge is 0.312 e. The minimum Gasteiger partial charge on any atom is -0.363 e. The molecule has 0 aliphatic rings. The van der Waals surface area contributed by atoms with Crippen LogP contribution in [0.15, 0.2) is 12.3 Å². The number of likely N-dealkylation sites (N-methyl/N-ethyl adjacent to an activating group) is 1. The maximum atomic E-state index is 10.8. The molecule has 1 aromatic rings. The van der Waals surface area contributed by atoms with Crippen LogP contribution in [0.3, 0.4) is 0 Å². The molecule has 0 spiro atoms. The first-order valence-electron chi connectivity index (χ1n) is 5.27. The van der Waals surface area contributed by atoms with E-state index in [-0.39, 0.29) is 16.5 Å². The van der Waals surface area contributed by atoms with Gasteiger partial charge in [-0.3, -0.25) is 10.1 Å². The molecule has 1 aromatic heterocycles. The Morgan fingerprint density at radius 3 is 2.94 bits per heavy atom. The third-order valence-electron chi connectivity index (χ3n) is 2.36. The molecule has 7 heteroatoms. The molecule has 17 heavy (non-hydrogen) atoms. The summed E-state index contributed by atoms with van der Waals surface area (Å²) in [6.45, 7) is 4.36. The molecule has 0 saturated carbocycles. The van der Waals surface area contributed by atoms with Crippen molar-refractivity contribution in [3.05, 3.63) is 27.4 Å². The lowest BCUT2D eigenvalue weighted by atomic mass is 10.4. The summed E-state index contributed by atoms with van der Waals surface area (Å²) in [5.74, 6) is 0.254. The fraction of sp³-hybridized carbons (Fsp3) is 0.500. The van der Waals surface area contributed by atoms with Gasteiger partial charge in [0.05, 0.1) is 9.95 Å². The number of anilines is 1. The lowest BCUT2D eigenvalue weighted by Crippen LogP contribution is -2.25. The van der Waals surface area contributed by atoms with Crippen LogP contribution in [0.25, 0.3) is 0 Å². The Morgan fingerprint density at radius 2 is 2.35 bits per heavy atom. The molecule has 0 aliphatic carbocycles. The fourth-order valence-corrected chi connectivity index (χ4v) is 1.38. The van der Waals surface area contributed by atoms with Gasteiger partial charge in [0.1, 0.15) is 0 Å². The first-order chi connectivity index (χ1) is 8.04. The fourth-order valence-electron chi connectivity index (χ4n) is 1.23. The highest BCUT2D eigenvalue weighted by Gasteiger charge is 2.15. The van der Waals surface area contributed by atoms with E-state index in [4.69, 9.17) is 11.6 Å². The molecule has 0 unspecified atom stereocenters. The van der Waals surface area contributed by atoms with E-state index in [1.54, 1.807) is 0 Å². The number of halogens is 1. The van der Waals surface area contributed by atoms with Gasteiger partial charge in [-0.05, 0) is 13.6 Å². The highest BCUT2D eigenvalue weighted by Crippen LogP contribution is 2.24. The van der Waals surface area contributed by atoms with E-state index in [0.29, 0.717) is 6.54 Å². The number of aromatic nitrogens is 1. The number of hydrogen-bond donors (Lipinski definition) is 1. The van der Waals surface area contributed by atoms with Gasteiger partial charge in [0.15, 0.2) is 0 Å². The summed E-state index contributed by atoms with van der Waals surface area (Å²) in [5, 5.41) is 14.0. The maximum absolute atomic E-state index is 10.8. The number of nitro groups is 1. The lowest BCUT2D eigenvalue weighted by Gasteiger charge is -2.14. The summed E-state index contributed by atoms with van der Waals surface area (Å²) >= 11 is 5.66. The zero-order valence-corrected chi connectivity index (χ0v) is 10.6. The predicted molar refractivity (Wildman–Crippen MR) is 67.6 cm³/mol. The second-order valence-corrected chi connectivity index (χ2v) is 4.04. The van der Waals surface area contributed by atoms with E-state index in [9.17, 15) is 10.1 Å². The average molecular weight is 259 g/mol. The summed E-state index contributed by atoms with van der Waals surface area (Å²) in [5.41, 5.74) is -0.100. The van der Waals surface area contributed by atoms with E-state index in [0.717, 1.165) is 13.1 Å². The van der Waals surface area contributed by atoms with Gasteiger partial charge in [-0.2, -0.15) is 0 Å². The first kappa shape index (κ1) is 13.7. The molecule has 1 N–H and O–H groups in total. The number of hydrogen-bond acceptors (Lipinski definition) is 5. The molecule has 0 aromatic carbocycles. The largest absolute Gasteiger partial charge is 0.363 e. The Morgan fingerprint density at radius 1 is 1.65 bits per heavy atom. The maximum Gasteiger partial charge on any atom is 0.312 e. The first-order valence-corrected chi connectivity index (χ1v) is 5.64. The summed E-state index contributed by atoms with van der Waals surface area (Å²) in [6.07, 6.45) is 1.39. The standard InChI is InChI=1S/C10H15ClN4O2/c1-3-14(2)5-4-12-10-9(15(16)17)6-8(11)7-13-10/h6-7H,3-5H2,1-2H3,(H,12,13). The molecule has 0 saturated heterocycles. The number of nitrogens with zero attached hydrogens (tertiary/aromatic N) is 3. The normalized spacial score (nSPS) is 10.6. The second kappa shape index (κ2) is 6.36. The van der Waals surface area contributed by atoms with Gasteiger partial charge in [-0.25, -0.2) is 4.98 Å². The minimum absolute atomic E-state index is 0.100. The molecule has 0 radical (unpaired) electrons.